The maximum Gasteiger partial charge on any atom is 0.419 e. The Bertz CT molecular complexity index is 2840. The van der Waals surface area contributed by atoms with Crippen LogP contribution in [-0.2, 0) is 30.1 Å². The predicted octanol–water partition coefficient (Wildman–Crippen LogP) is 9.56. The summed E-state index contributed by atoms with van der Waals surface area (Å²) < 4.78 is 52.8. The lowest BCUT2D eigenvalue weighted by Gasteiger charge is -2.35. The van der Waals surface area contributed by atoms with Crippen LogP contribution < -0.4 is 25.2 Å². The van der Waals surface area contributed by atoms with Crippen LogP contribution in [0.25, 0.3) is 21.6 Å². The van der Waals surface area contributed by atoms with Crippen LogP contribution >= 0.6 is 23.6 Å². The Morgan fingerprint density at radius 1 is 0.931 bits per heavy atom. The van der Waals surface area contributed by atoms with Crippen LogP contribution in [0.5, 0.6) is 5.75 Å². The lowest BCUT2D eigenvalue weighted by atomic mass is 9.85. The van der Waals surface area contributed by atoms with Crippen LogP contribution in [0.1, 0.15) is 95.8 Å². The van der Waals surface area contributed by atoms with E-state index in [9.17, 15) is 37.6 Å². The number of anilines is 2. The van der Waals surface area contributed by atoms with Gasteiger partial charge in [-0.15, -0.1) is 11.3 Å². The first-order valence-corrected chi connectivity index (χ1v) is 24.9. The Balaban J connectivity index is 0.839. The number of pyridine rings is 1. The standard InChI is InChI=1S/C53H57F3N8O6S2/c1-32(34-12-14-37(15-13-34)45-33(2)59-31-72-45)60-47(66)43-11-10-24-62(43)48(67)46(51(3,4)5)61-44(65)30-69-25-8-9-26-70-40-22-18-36(19-23-40)35-16-20-38(21-17-35)64-50(71)63(49(68)52(64,6)7)39-27-41(53(54,55)56)42(28-57)58-29-39/h12-23,27,29,31-32,43,46H,8-11,24-26,30H2,1-7H3,(H,60,66)(H,61,65)/t32-,43-,46?/m0/s1. The number of aromatic nitrogens is 2. The third-order valence-electron chi connectivity index (χ3n) is 12.7. The Kier molecular flexibility index (Phi) is 16.2. The molecule has 2 aliphatic heterocycles. The second kappa shape index (κ2) is 21.9. The maximum absolute atomic E-state index is 14.0. The van der Waals surface area contributed by atoms with E-state index in [1.807, 2.05) is 101 Å². The van der Waals surface area contributed by atoms with Gasteiger partial charge in [-0.25, -0.2) is 9.97 Å². The predicted molar refractivity (Wildman–Crippen MR) is 273 cm³/mol. The first-order valence-electron chi connectivity index (χ1n) is 23.6. The molecule has 378 valence electrons. The van der Waals surface area contributed by atoms with E-state index >= 15 is 0 Å². The van der Waals surface area contributed by atoms with Crippen molar-refractivity contribution in [2.75, 3.05) is 36.2 Å². The summed E-state index contributed by atoms with van der Waals surface area (Å²) in [5.41, 5.74) is 2.96. The van der Waals surface area contributed by atoms with E-state index in [1.54, 1.807) is 47.1 Å². The number of amides is 4. The Morgan fingerprint density at radius 3 is 2.18 bits per heavy atom. The highest BCUT2D eigenvalue weighted by molar-refractivity contribution is 7.81. The largest absolute Gasteiger partial charge is 0.494 e. The van der Waals surface area contributed by atoms with Gasteiger partial charge in [-0.05, 0) is 124 Å². The minimum atomic E-state index is -4.86. The van der Waals surface area contributed by atoms with Gasteiger partial charge >= 0.3 is 6.18 Å². The fourth-order valence-electron chi connectivity index (χ4n) is 8.76. The molecule has 72 heavy (non-hydrogen) atoms. The van der Waals surface area contributed by atoms with E-state index in [1.165, 1.54) is 6.07 Å². The number of likely N-dealkylation sites (tertiary alicyclic amines) is 1. The molecular weight excluding hydrogens is 966 g/mol. The van der Waals surface area contributed by atoms with Crippen LogP contribution in [-0.4, -0.2) is 87.6 Å². The molecule has 4 amide bonds. The number of nitrogens with zero attached hydrogens (tertiary/aromatic N) is 6. The number of thiazole rings is 1. The first-order chi connectivity index (χ1) is 34.1. The number of hydrogen-bond acceptors (Lipinski definition) is 11. The molecule has 0 saturated carbocycles. The number of nitriles is 1. The number of aryl methyl sites for hydroxylation is 1. The summed E-state index contributed by atoms with van der Waals surface area (Å²) in [7, 11) is 0. The quantitative estimate of drug-likeness (QED) is 0.0672. The zero-order valence-corrected chi connectivity index (χ0v) is 42.8. The summed E-state index contributed by atoms with van der Waals surface area (Å²) >= 11 is 7.23. The SMILES string of the molecule is Cc1ncsc1-c1ccc([C@H](C)NC(=O)[C@@H]2CCCN2C(=O)C(NC(=O)COCCCCOc2ccc(-c3ccc(N4C(=S)N(c5cnc(C#N)c(C(F)(F)F)c5)C(=O)C4(C)C)cc3)cc2)C(C)(C)C)cc1. The van der Waals surface area contributed by atoms with Crippen molar-refractivity contribution in [2.45, 2.75) is 104 Å². The van der Waals surface area contributed by atoms with Crippen LogP contribution in [0.4, 0.5) is 24.5 Å². The molecule has 0 spiro atoms. The number of ether oxygens (including phenoxy) is 2. The molecule has 0 bridgehead atoms. The summed E-state index contributed by atoms with van der Waals surface area (Å²) in [5, 5.41) is 15.1. The minimum absolute atomic E-state index is 0.0306. The van der Waals surface area contributed by atoms with Gasteiger partial charge in [0.2, 0.25) is 17.7 Å². The van der Waals surface area contributed by atoms with Crippen LogP contribution in [0.3, 0.4) is 0 Å². The number of nitrogens with one attached hydrogen (secondary N) is 2. The van der Waals surface area contributed by atoms with Gasteiger partial charge in [-0.2, -0.15) is 18.4 Å². The van der Waals surface area contributed by atoms with Crippen LogP contribution in [0.2, 0.25) is 0 Å². The van der Waals surface area contributed by atoms with Gasteiger partial charge < -0.3 is 29.9 Å². The molecule has 2 aromatic heterocycles. The molecule has 19 heteroatoms. The lowest BCUT2D eigenvalue weighted by Crippen LogP contribution is -2.58. The summed E-state index contributed by atoms with van der Waals surface area (Å²) in [6.45, 7) is 13.7. The minimum Gasteiger partial charge on any atom is -0.494 e. The molecule has 14 nitrogen and oxygen atoms in total. The van der Waals surface area contributed by atoms with Gasteiger partial charge in [-0.1, -0.05) is 69.3 Å². The molecule has 3 atom stereocenters. The van der Waals surface area contributed by atoms with Gasteiger partial charge in [0.25, 0.3) is 5.91 Å². The van der Waals surface area contributed by atoms with E-state index < -0.39 is 52.3 Å². The number of hydrogen-bond donors (Lipinski definition) is 2. The molecule has 1 unspecified atom stereocenters. The third kappa shape index (κ3) is 11.8. The number of alkyl halides is 3. The second-order valence-corrected chi connectivity index (χ2v) is 20.6. The number of carbonyl (C=O) groups is 4. The Labute approximate surface area is 426 Å². The zero-order chi connectivity index (χ0) is 52.1. The number of carbonyl (C=O) groups excluding carboxylic acids is 4. The van der Waals surface area contributed by atoms with Gasteiger partial charge in [0.05, 0.1) is 46.2 Å². The number of rotatable bonds is 17. The van der Waals surface area contributed by atoms with Crippen molar-refractivity contribution in [1.82, 2.24) is 25.5 Å². The van der Waals surface area contributed by atoms with Crippen molar-refractivity contribution in [2.24, 2.45) is 5.41 Å². The molecule has 0 radical (unpaired) electrons. The smallest absolute Gasteiger partial charge is 0.419 e. The Morgan fingerprint density at radius 2 is 1.57 bits per heavy atom. The van der Waals surface area contributed by atoms with E-state index in [4.69, 9.17) is 21.7 Å². The molecule has 2 saturated heterocycles. The molecule has 4 heterocycles. The van der Waals surface area contributed by atoms with Crippen LogP contribution in [0, 0.1) is 23.7 Å². The Hall–Kier alpha value is -6.75. The number of thiocarbonyl (C=S) groups is 1. The summed E-state index contributed by atoms with van der Waals surface area (Å²) in [6.07, 6.45) is -1.35. The molecule has 2 aliphatic rings. The van der Waals surface area contributed by atoms with Crippen molar-refractivity contribution in [3.05, 3.63) is 113 Å². The van der Waals surface area contributed by atoms with Gasteiger partial charge in [0.1, 0.15) is 36.0 Å². The summed E-state index contributed by atoms with van der Waals surface area (Å²) in [6, 6.07) is 23.1. The second-order valence-electron chi connectivity index (χ2n) is 19.4. The van der Waals surface area contributed by atoms with Crippen molar-refractivity contribution in [3.8, 4) is 33.4 Å². The van der Waals surface area contributed by atoms with Crippen molar-refractivity contribution in [1.29, 1.82) is 5.26 Å². The molecule has 5 aromatic rings. The number of unbranched alkanes of at least 4 members (excludes halogenated alkanes) is 1. The van der Waals surface area contributed by atoms with E-state index in [2.05, 4.69) is 20.6 Å². The van der Waals surface area contributed by atoms with E-state index in [-0.39, 0.29) is 35.3 Å². The normalized spacial score (nSPS) is 16.6. The molecular formula is C53H57F3N8O6S2. The van der Waals surface area contributed by atoms with Crippen molar-refractivity contribution >= 4 is 63.7 Å². The summed E-state index contributed by atoms with van der Waals surface area (Å²) in [5.74, 6) is -0.849. The van der Waals surface area contributed by atoms with Gasteiger partial charge in [0.15, 0.2) is 10.8 Å². The van der Waals surface area contributed by atoms with Crippen LogP contribution in [0.15, 0.2) is 90.6 Å². The fourth-order valence-corrected chi connectivity index (χ4v) is 10.1. The van der Waals surface area contributed by atoms with Crippen molar-refractivity contribution in [3.63, 3.8) is 0 Å². The number of halogens is 3. The molecule has 0 aliphatic carbocycles. The third-order valence-corrected chi connectivity index (χ3v) is 14.1. The van der Waals surface area contributed by atoms with E-state index in [0.29, 0.717) is 62.9 Å². The summed E-state index contributed by atoms with van der Waals surface area (Å²) in [4.78, 5) is 67.7. The lowest BCUT2D eigenvalue weighted by molar-refractivity contribution is -0.144. The first kappa shape index (κ1) is 53.1. The monoisotopic (exact) mass is 1020 g/mol. The highest BCUT2D eigenvalue weighted by Crippen LogP contribution is 2.40. The average molecular weight is 1020 g/mol. The van der Waals surface area contributed by atoms with Gasteiger partial charge in [0, 0.05) is 18.8 Å². The molecule has 2 fully saturated rings. The highest BCUT2D eigenvalue weighted by Gasteiger charge is 2.51. The average Bonchev–Trinajstić information content (AvgIpc) is 4.06. The molecule has 2 N–H and O–H groups in total. The van der Waals surface area contributed by atoms with E-state index in [0.717, 1.165) is 43.9 Å². The fraction of sp³-hybridized carbons (Fsp3) is 0.396. The van der Waals surface area contributed by atoms with Crippen molar-refractivity contribution < 1.29 is 41.8 Å². The number of benzene rings is 3. The topological polar surface area (TPSA) is 170 Å². The highest BCUT2D eigenvalue weighted by atomic mass is 32.1. The molecule has 3 aromatic carbocycles. The zero-order valence-electron chi connectivity index (χ0n) is 41.1. The molecule has 7 rings (SSSR count). The maximum atomic E-state index is 14.0. The van der Waals surface area contributed by atoms with Gasteiger partial charge in [-0.3, -0.25) is 24.1 Å².